The molecule has 0 saturated heterocycles. The Morgan fingerprint density at radius 3 is 2.67 bits per heavy atom. The molecular formula is C12H7N3O2S. The fourth-order valence-corrected chi connectivity index (χ4v) is 2.22. The molecule has 6 heteroatoms. The smallest absolute Gasteiger partial charge is 0.258 e. The molecule has 0 radical (unpaired) electrons. The van der Waals surface area contributed by atoms with Gasteiger partial charge in [0, 0.05) is 17.2 Å². The maximum atomic E-state index is 10.8. The number of nitriles is 1. The minimum absolute atomic E-state index is 0.0619. The number of nitro groups is 1. The summed E-state index contributed by atoms with van der Waals surface area (Å²) in [5.74, 6) is 0. The maximum Gasteiger partial charge on any atom is 0.283 e. The summed E-state index contributed by atoms with van der Waals surface area (Å²) in [6.45, 7) is 0. The van der Waals surface area contributed by atoms with E-state index >= 15 is 0 Å². The van der Waals surface area contributed by atoms with Crippen LogP contribution in [0.1, 0.15) is 5.69 Å². The Kier molecular flexibility index (Phi) is 3.55. The van der Waals surface area contributed by atoms with E-state index in [-0.39, 0.29) is 5.69 Å². The number of nitrogens with zero attached hydrogens (tertiary/aromatic N) is 3. The van der Waals surface area contributed by atoms with Crippen LogP contribution in [0.2, 0.25) is 0 Å². The Labute approximate surface area is 107 Å². The summed E-state index contributed by atoms with van der Waals surface area (Å²) < 4.78 is 0. The highest BCUT2D eigenvalue weighted by Gasteiger charge is 2.13. The normalized spacial score (nSPS) is 9.72. The summed E-state index contributed by atoms with van der Waals surface area (Å²) in [4.78, 5) is 15.6. The molecule has 0 bridgehead atoms. The zero-order valence-electron chi connectivity index (χ0n) is 9.11. The first-order valence-electron chi connectivity index (χ1n) is 4.98. The van der Waals surface area contributed by atoms with Crippen molar-refractivity contribution in [2.75, 3.05) is 0 Å². The first-order valence-corrected chi connectivity index (χ1v) is 5.80. The molecule has 0 fully saturated rings. The van der Waals surface area contributed by atoms with E-state index in [1.807, 2.05) is 6.07 Å². The quantitative estimate of drug-likeness (QED) is 0.623. The number of nitro benzene ring substituents is 1. The first kappa shape index (κ1) is 12.1. The van der Waals surface area contributed by atoms with Gasteiger partial charge in [-0.3, -0.25) is 10.1 Å². The third-order valence-electron chi connectivity index (χ3n) is 2.14. The minimum atomic E-state index is -0.417. The number of hydrogen-bond donors (Lipinski definition) is 0. The Morgan fingerprint density at radius 1 is 1.28 bits per heavy atom. The second-order valence-corrected chi connectivity index (χ2v) is 4.43. The van der Waals surface area contributed by atoms with Crippen LogP contribution in [0.3, 0.4) is 0 Å². The molecule has 0 aliphatic rings. The average molecular weight is 257 g/mol. The van der Waals surface area contributed by atoms with Gasteiger partial charge in [-0.2, -0.15) is 5.26 Å². The molecule has 1 heterocycles. The lowest BCUT2D eigenvalue weighted by Crippen LogP contribution is -1.90. The van der Waals surface area contributed by atoms with Gasteiger partial charge in [-0.25, -0.2) is 4.98 Å². The Bertz CT molecular complexity index is 620. The molecule has 0 aliphatic heterocycles. The Morgan fingerprint density at radius 2 is 2.06 bits per heavy atom. The third kappa shape index (κ3) is 2.64. The van der Waals surface area contributed by atoms with E-state index in [0.717, 1.165) is 4.90 Å². The lowest BCUT2D eigenvalue weighted by Gasteiger charge is -2.02. The van der Waals surface area contributed by atoms with E-state index in [1.54, 1.807) is 30.3 Å². The summed E-state index contributed by atoms with van der Waals surface area (Å²) in [5, 5.41) is 19.5. The van der Waals surface area contributed by atoms with Crippen LogP contribution in [0, 0.1) is 21.4 Å². The standard InChI is InChI=1S/C12H7N3O2S/c13-7-9-5-6-10(8-14-9)18-12-4-2-1-3-11(12)15(16)17/h1-6,8H. The highest BCUT2D eigenvalue weighted by molar-refractivity contribution is 7.99. The molecule has 2 aromatic rings. The van der Waals surface area contributed by atoms with Crippen molar-refractivity contribution in [1.82, 2.24) is 4.98 Å². The second kappa shape index (κ2) is 5.29. The van der Waals surface area contributed by atoms with Crippen molar-refractivity contribution in [3.05, 3.63) is 58.4 Å². The molecule has 0 atom stereocenters. The van der Waals surface area contributed by atoms with Gasteiger partial charge in [0.1, 0.15) is 11.8 Å². The van der Waals surface area contributed by atoms with Crippen molar-refractivity contribution >= 4 is 17.4 Å². The molecule has 18 heavy (non-hydrogen) atoms. The maximum absolute atomic E-state index is 10.8. The molecule has 0 amide bonds. The number of benzene rings is 1. The predicted octanol–water partition coefficient (Wildman–Crippen LogP) is 3.01. The van der Waals surface area contributed by atoms with E-state index in [4.69, 9.17) is 5.26 Å². The summed E-state index contributed by atoms with van der Waals surface area (Å²) in [7, 11) is 0. The van der Waals surface area contributed by atoms with Crippen LogP contribution in [-0.4, -0.2) is 9.91 Å². The van der Waals surface area contributed by atoms with Crippen LogP contribution in [0.4, 0.5) is 5.69 Å². The molecule has 0 aliphatic carbocycles. The van der Waals surface area contributed by atoms with Gasteiger partial charge in [-0.05, 0) is 18.2 Å². The summed E-state index contributed by atoms with van der Waals surface area (Å²) in [6.07, 6.45) is 1.53. The topological polar surface area (TPSA) is 79.8 Å². The number of pyridine rings is 1. The van der Waals surface area contributed by atoms with E-state index in [9.17, 15) is 10.1 Å². The average Bonchev–Trinajstić information content (AvgIpc) is 2.40. The van der Waals surface area contributed by atoms with Crippen LogP contribution in [0.15, 0.2) is 52.4 Å². The summed E-state index contributed by atoms with van der Waals surface area (Å²) in [5.41, 5.74) is 0.383. The minimum Gasteiger partial charge on any atom is -0.258 e. The Balaban J connectivity index is 2.28. The largest absolute Gasteiger partial charge is 0.283 e. The zero-order chi connectivity index (χ0) is 13.0. The molecule has 0 spiro atoms. The first-order chi connectivity index (χ1) is 8.70. The van der Waals surface area contributed by atoms with Gasteiger partial charge >= 0.3 is 0 Å². The molecule has 1 aromatic carbocycles. The predicted molar refractivity (Wildman–Crippen MR) is 66.2 cm³/mol. The van der Waals surface area contributed by atoms with Crippen LogP contribution in [-0.2, 0) is 0 Å². The van der Waals surface area contributed by atoms with E-state index in [0.29, 0.717) is 10.6 Å². The molecule has 0 saturated carbocycles. The van der Waals surface area contributed by atoms with Crippen LogP contribution in [0.25, 0.3) is 0 Å². The highest BCUT2D eigenvalue weighted by Crippen LogP contribution is 2.33. The molecule has 0 unspecified atom stereocenters. The van der Waals surface area contributed by atoms with Crippen LogP contribution >= 0.6 is 11.8 Å². The van der Waals surface area contributed by atoms with E-state index in [2.05, 4.69) is 4.98 Å². The van der Waals surface area contributed by atoms with Gasteiger partial charge < -0.3 is 0 Å². The number of hydrogen-bond acceptors (Lipinski definition) is 5. The number of para-hydroxylation sites is 1. The zero-order valence-corrected chi connectivity index (χ0v) is 9.92. The molecule has 2 rings (SSSR count). The van der Waals surface area contributed by atoms with E-state index in [1.165, 1.54) is 24.0 Å². The van der Waals surface area contributed by atoms with Gasteiger partial charge in [0.25, 0.3) is 5.69 Å². The van der Waals surface area contributed by atoms with Crippen LogP contribution < -0.4 is 0 Å². The summed E-state index contributed by atoms with van der Waals surface area (Å²) in [6, 6.07) is 11.7. The van der Waals surface area contributed by atoms with Gasteiger partial charge in [-0.15, -0.1) is 0 Å². The van der Waals surface area contributed by atoms with Crippen molar-refractivity contribution in [1.29, 1.82) is 5.26 Å². The molecular weight excluding hydrogens is 250 g/mol. The van der Waals surface area contributed by atoms with Gasteiger partial charge in [0.2, 0.25) is 0 Å². The highest BCUT2D eigenvalue weighted by atomic mass is 32.2. The fraction of sp³-hybridized carbons (Fsp3) is 0. The molecule has 0 N–H and O–H groups in total. The summed E-state index contributed by atoms with van der Waals surface area (Å²) >= 11 is 1.25. The van der Waals surface area contributed by atoms with Crippen molar-refractivity contribution in [2.45, 2.75) is 9.79 Å². The van der Waals surface area contributed by atoms with Gasteiger partial charge in [0.15, 0.2) is 0 Å². The van der Waals surface area contributed by atoms with Crippen LogP contribution in [0.5, 0.6) is 0 Å². The molecule has 88 valence electrons. The molecule has 5 nitrogen and oxygen atoms in total. The monoisotopic (exact) mass is 257 g/mol. The van der Waals surface area contributed by atoms with Crippen molar-refractivity contribution in [3.63, 3.8) is 0 Å². The SMILES string of the molecule is N#Cc1ccc(Sc2ccccc2[N+](=O)[O-])cn1. The van der Waals surface area contributed by atoms with Crippen molar-refractivity contribution in [2.24, 2.45) is 0 Å². The van der Waals surface area contributed by atoms with E-state index < -0.39 is 4.92 Å². The fourth-order valence-electron chi connectivity index (χ4n) is 1.33. The van der Waals surface area contributed by atoms with Crippen molar-refractivity contribution in [3.8, 4) is 6.07 Å². The number of aromatic nitrogens is 1. The van der Waals surface area contributed by atoms with Gasteiger partial charge in [-0.1, -0.05) is 23.9 Å². The Hall–Kier alpha value is -2.39. The van der Waals surface area contributed by atoms with Crippen molar-refractivity contribution < 1.29 is 4.92 Å². The third-order valence-corrected chi connectivity index (χ3v) is 3.18. The lowest BCUT2D eigenvalue weighted by molar-refractivity contribution is -0.387. The molecule has 1 aromatic heterocycles. The van der Waals surface area contributed by atoms with Gasteiger partial charge in [0.05, 0.1) is 9.82 Å². The second-order valence-electron chi connectivity index (χ2n) is 3.32. The number of rotatable bonds is 3. The lowest BCUT2D eigenvalue weighted by atomic mass is 10.3.